The summed E-state index contributed by atoms with van der Waals surface area (Å²) in [5.41, 5.74) is 2.18. The number of ether oxygens (including phenoxy) is 3. The number of aliphatic hydroxyl groups is 1. The first-order valence-corrected chi connectivity index (χ1v) is 10.1. The largest absolute Gasteiger partial charge is 0.497 e. The lowest BCUT2D eigenvalue weighted by Crippen LogP contribution is -2.33. The first kappa shape index (κ1) is 22.6. The summed E-state index contributed by atoms with van der Waals surface area (Å²) in [6.45, 7) is 1.52. The lowest BCUT2D eigenvalue weighted by molar-refractivity contribution is -0.385. The van der Waals surface area contributed by atoms with Crippen molar-refractivity contribution in [1.29, 1.82) is 0 Å². The van der Waals surface area contributed by atoms with Gasteiger partial charge in [-0.1, -0.05) is 12.1 Å². The first-order chi connectivity index (χ1) is 15.0. The molecule has 3 rings (SSSR count). The smallest absolute Gasteiger partial charge is 0.280 e. The zero-order valence-electron chi connectivity index (χ0n) is 18.0. The Morgan fingerprint density at radius 3 is 2.42 bits per heavy atom. The van der Waals surface area contributed by atoms with Crippen LogP contribution < -0.4 is 14.2 Å². The van der Waals surface area contributed by atoms with Crippen molar-refractivity contribution >= 4 is 17.3 Å². The predicted octanol–water partition coefficient (Wildman–Crippen LogP) is 3.62. The monoisotopic (exact) mass is 428 g/mol. The molecule has 166 valence electrons. The Hall–Kier alpha value is -3.10. The lowest BCUT2D eigenvalue weighted by atomic mass is 10.0. The summed E-state index contributed by atoms with van der Waals surface area (Å²) >= 11 is 0. The second-order valence-electron chi connectivity index (χ2n) is 7.37. The van der Waals surface area contributed by atoms with Crippen LogP contribution in [0.3, 0.4) is 0 Å². The minimum atomic E-state index is -0.425. The van der Waals surface area contributed by atoms with Crippen molar-refractivity contribution in [3.63, 3.8) is 0 Å². The van der Waals surface area contributed by atoms with Crippen molar-refractivity contribution in [3.05, 3.63) is 57.6 Å². The SMILES string of the molecule is COc1ccc(C(=Cc2cc(OC)c(OC)cc2[N+](=O)[O-])CN2CCC[C@H]2CO)cc1. The Kier molecular flexibility index (Phi) is 7.49. The molecule has 8 nitrogen and oxygen atoms in total. The molecule has 0 aromatic heterocycles. The summed E-state index contributed by atoms with van der Waals surface area (Å²) in [4.78, 5) is 13.5. The number of nitro groups is 1. The molecule has 2 aromatic rings. The van der Waals surface area contributed by atoms with Crippen molar-refractivity contribution in [2.24, 2.45) is 0 Å². The van der Waals surface area contributed by atoms with E-state index in [1.807, 2.05) is 30.3 Å². The molecule has 1 atom stereocenters. The highest BCUT2D eigenvalue weighted by Crippen LogP contribution is 2.37. The van der Waals surface area contributed by atoms with Crippen LogP contribution in [-0.2, 0) is 0 Å². The second kappa shape index (κ2) is 10.3. The third kappa shape index (κ3) is 5.15. The van der Waals surface area contributed by atoms with E-state index in [1.165, 1.54) is 20.3 Å². The number of nitrogens with zero attached hydrogens (tertiary/aromatic N) is 2. The van der Waals surface area contributed by atoms with E-state index in [9.17, 15) is 15.2 Å². The van der Waals surface area contributed by atoms with Crippen LogP contribution in [0.4, 0.5) is 5.69 Å². The van der Waals surface area contributed by atoms with E-state index in [2.05, 4.69) is 4.90 Å². The van der Waals surface area contributed by atoms with Crippen molar-refractivity contribution < 1.29 is 24.2 Å². The summed E-state index contributed by atoms with van der Waals surface area (Å²) in [5.74, 6) is 1.45. The minimum Gasteiger partial charge on any atom is -0.497 e. The number of nitro benzene ring substituents is 1. The van der Waals surface area contributed by atoms with Crippen LogP contribution >= 0.6 is 0 Å². The van der Waals surface area contributed by atoms with Gasteiger partial charge in [-0.05, 0) is 54.8 Å². The van der Waals surface area contributed by atoms with Crippen LogP contribution in [0.25, 0.3) is 11.6 Å². The summed E-state index contributed by atoms with van der Waals surface area (Å²) in [6.07, 6.45) is 3.76. The minimum absolute atomic E-state index is 0.0659. The molecule has 2 aromatic carbocycles. The number of rotatable bonds is 9. The molecular formula is C23H28N2O6. The van der Waals surface area contributed by atoms with Gasteiger partial charge in [-0.2, -0.15) is 0 Å². The van der Waals surface area contributed by atoms with Gasteiger partial charge in [0.05, 0.1) is 44.5 Å². The lowest BCUT2D eigenvalue weighted by Gasteiger charge is -2.24. The van der Waals surface area contributed by atoms with Crippen LogP contribution in [0.2, 0.25) is 0 Å². The molecule has 31 heavy (non-hydrogen) atoms. The van der Waals surface area contributed by atoms with Crippen molar-refractivity contribution in [2.75, 3.05) is 41.0 Å². The molecule has 0 radical (unpaired) electrons. The molecule has 1 N–H and O–H groups in total. The van der Waals surface area contributed by atoms with E-state index in [0.29, 0.717) is 23.6 Å². The van der Waals surface area contributed by atoms with E-state index in [4.69, 9.17) is 14.2 Å². The van der Waals surface area contributed by atoms with Gasteiger partial charge in [0.25, 0.3) is 5.69 Å². The molecule has 1 heterocycles. The Morgan fingerprint density at radius 2 is 1.84 bits per heavy atom. The molecule has 1 saturated heterocycles. The molecule has 0 amide bonds. The number of hydrogen-bond acceptors (Lipinski definition) is 7. The Labute approximate surface area is 181 Å². The average Bonchev–Trinajstić information content (AvgIpc) is 3.25. The summed E-state index contributed by atoms with van der Waals surface area (Å²) < 4.78 is 15.9. The maximum Gasteiger partial charge on any atom is 0.280 e. The van der Waals surface area contributed by atoms with Crippen LogP contribution in [0.5, 0.6) is 17.2 Å². The summed E-state index contributed by atoms with van der Waals surface area (Å²) in [5, 5.41) is 21.5. The number of likely N-dealkylation sites (tertiary alicyclic amines) is 1. The quantitative estimate of drug-likeness (QED) is 0.370. The molecule has 0 aliphatic carbocycles. The first-order valence-electron chi connectivity index (χ1n) is 10.1. The van der Waals surface area contributed by atoms with Gasteiger partial charge in [0.2, 0.25) is 0 Å². The Balaban J connectivity index is 2.10. The van der Waals surface area contributed by atoms with Gasteiger partial charge in [-0.3, -0.25) is 15.0 Å². The molecular weight excluding hydrogens is 400 g/mol. The molecule has 8 heteroatoms. The fraction of sp³-hybridized carbons (Fsp3) is 0.391. The molecule has 1 aliphatic rings. The molecule has 0 unspecified atom stereocenters. The topological polar surface area (TPSA) is 94.3 Å². The maximum atomic E-state index is 11.8. The highest BCUT2D eigenvalue weighted by molar-refractivity contribution is 5.86. The zero-order chi connectivity index (χ0) is 22.4. The van der Waals surface area contributed by atoms with Gasteiger partial charge in [0, 0.05) is 12.6 Å². The Bertz CT molecular complexity index is 942. The molecule has 1 fully saturated rings. The number of benzene rings is 2. The molecule has 0 saturated carbocycles. The third-order valence-corrected chi connectivity index (χ3v) is 5.60. The van der Waals surface area contributed by atoms with Gasteiger partial charge in [-0.15, -0.1) is 0 Å². The van der Waals surface area contributed by atoms with Gasteiger partial charge in [-0.25, -0.2) is 0 Å². The standard InChI is InChI=1S/C23H28N2O6/c1-29-20-8-6-16(7-9-20)18(14-24-10-4-5-19(24)15-26)11-17-12-22(30-2)23(31-3)13-21(17)25(27)28/h6-9,11-13,19,26H,4-5,10,14-15H2,1-3H3/t19-/m0/s1. The van der Waals surface area contributed by atoms with Crippen LogP contribution in [0.1, 0.15) is 24.0 Å². The molecule has 0 bridgehead atoms. The second-order valence-corrected chi connectivity index (χ2v) is 7.37. The number of aliphatic hydroxyl groups excluding tert-OH is 1. The maximum absolute atomic E-state index is 11.8. The van der Waals surface area contributed by atoms with Gasteiger partial charge < -0.3 is 19.3 Å². The van der Waals surface area contributed by atoms with E-state index < -0.39 is 4.92 Å². The van der Waals surface area contributed by atoms with E-state index >= 15 is 0 Å². The zero-order valence-corrected chi connectivity index (χ0v) is 18.0. The average molecular weight is 428 g/mol. The predicted molar refractivity (Wildman–Crippen MR) is 119 cm³/mol. The van der Waals surface area contributed by atoms with Gasteiger partial charge >= 0.3 is 0 Å². The van der Waals surface area contributed by atoms with Gasteiger partial charge in [0.15, 0.2) is 11.5 Å². The highest BCUT2D eigenvalue weighted by Gasteiger charge is 2.25. The van der Waals surface area contributed by atoms with Crippen molar-refractivity contribution in [3.8, 4) is 17.2 Å². The highest BCUT2D eigenvalue weighted by atomic mass is 16.6. The molecule has 1 aliphatic heterocycles. The van der Waals surface area contributed by atoms with Crippen molar-refractivity contribution in [2.45, 2.75) is 18.9 Å². The summed E-state index contributed by atoms with van der Waals surface area (Å²) in [6, 6.07) is 10.7. The van der Waals surface area contributed by atoms with E-state index in [1.54, 1.807) is 13.2 Å². The van der Waals surface area contributed by atoms with Crippen LogP contribution in [-0.4, -0.2) is 62.0 Å². The van der Waals surface area contributed by atoms with Crippen molar-refractivity contribution in [1.82, 2.24) is 4.90 Å². The third-order valence-electron chi connectivity index (χ3n) is 5.60. The van der Waals surface area contributed by atoms with E-state index in [-0.39, 0.29) is 18.3 Å². The van der Waals surface area contributed by atoms with Gasteiger partial charge in [0.1, 0.15) is 5.75 Å². The van der Waals surface area contributed by atoms with Crippen LogP contribution in [0.15, 0.2) is 36.4 Å². The fourth-order valence-corrected chi connectivity index (χ4v) is 3.90. The fourth-order valence-electron chi connectivity index (χ4n) is 3.90. The summed E-state index contributed by atoms with van der Waals surface area (Å²) in [7, 11) is 4.55. The number of methoxy groups -OCH3 is 3. The Morgan fingerprint density at radius 1 is 1.16 bits per heavy atom. The van der Waals surface area contributed by atoms with Crippen LogP contribution in [0, 0.1) is 10.1 Å². The molecule has 0 spiro atoms. The van der Waals surface area contributed by atoms with E-state index in [0.717, 1.165) is 36.3 Å². The normalized spacial score (nSPS) is 16.9. The number of hydrogen-bond donors (Lipinski definition) is 1.